The van der Waals surface area contributed by atoms with Crippen molar-refractivity contribution in [2.45, 2.75) is 51.3 Å². The summed E-state index contributed by atoms with van der Waals surface area (Å²) in [6.07, 6.45) is 3.50. The molecule has 2 atom stereocenters. The van der Waals surface area contributed by atoms with Crippen molar-refractivity contribution in [2.75, 3.05) is 12.3 Å². The highest BCUT2D eigenvalue weighted by Gasteiger charge is 2.20. The van der Waals surface area contributed by atoms with E-state index in [-0.39, 0.29) is 18.1 Å². The zero-order valence-electron chi connectivity index (χ0n) is 12.8. The summed E-state index contributed by atoms with van der Waals surface area (Å²) in [7, 11) is 0. The van der Waals surface area contributed by atoms with Crippen LogP contribution >= 0.6 is 15.9 Å². The number of hydrogen-bond donors (Lipinski definition) is 3. The number of anilines is 1. The third-order valence-electron chi connectivity index (χ3n) is 3.95. The van der Waals surface area contributed by atoms with Crippen LogP contribution in [0.25, 0.3) is 0 Å². The Morgan fingerprint density at radius 3 is 2.95 bits per heavy atom. The van der Waals surface area contributed by atoms with Gasteiger partial charge in [-0.15, -0.1) is 0 Å². The predicted octanol–water partition coefficient (Wildman–Crippen LogP) is 2.60. The van der Waals surface area contributed by atoms with Gasteiger partial charge in [-0.25, -0.2) is 4.79 Å². The van der Waals surface area contributed by atoms with E-state index < -0.39 is 0 Å². The molecule has 5 nitrogen and oxygen atoms in total. The van der Waals surface area contributed by atoms with E-state index in [2.05, 4.69) is 21.2 Å². The molecular weight excluding hydrogens is 348 g/mol. The second kappa shape index (κ2) is 7.94. The Morgan fingerprint density at radius 1 is 1.50 bits per heavy atom. The zero-order chi connectivity index (χ0) is 16.1. The fourth-order valence-corrected chi connectivity index (χ4v) is 3.26. The first-order chi connectivity index (χ1) is 10.5. The molecular formula is C16H23BrN2O3. The molecule has 0 unspecified atom stereocenters. The molecule has 2 rings (SSSR count). The Bertz CT molecular complexity index is 536. The van der Waals surface area contributed by atoms with Crippen molar-refractivity contribution in [3.63, 3.8) is 0 Å². The summed E-state index contributed by atoms with van der Waals surface area (Å²) in [5.74, 6) is -0.350. The summed E-state index contributed by atoms with van der Waals surface area (Å²) in [4.78, 5) is 11.9. The second-order valence-corrected chi connectivity index (χ2v) is 6.50. The van der Waals surface area contributed by atoms with Gasteiger partial charge in [-0.3, -0.25) is 0 Å². The molecule has 1 aromatic rings. The minimum Gasteiger partial charge on any atom is -0.462 e. The van der Waals surface area contributed by atoms with E-state index in [1.807, 2.05) is 0 Å². The standard InChI is InChI=1S/C16H23BrN2O3/c1-2-22-16(21)10-6-11(15(18)14(17)7-10)9-19-12-4-3-5-13(20)8-12/h6-7,12-13,19-20H,2-5,8-9,18H2,1H3/t12-,13+/m1/s1. The van der Waals surface area contributed by atoms with E-state index in [4.69, 9.17) is 10.5 Å². The molecule has 4 N–H and O–H groups in total. The zero-order valence-corrected chi connectivity index (χ0v) is 14.4. The van der Waals surface area contributed by atoms with Crippen LogP contribution in [0.3, 0.4) is 0 Å². The van der Waals surface area contributed by atoms with Crippen LogP contribution in [0.2, 0.25) is 0 Å². The van der Waals surface area contributed by atoms with Crippen molar-refractivity contribution in [3.05, 3.63) is 27.7 Å². The Labute approximate surface area is 139 Å². The molecule has 1 aliphatic rings. The van der Waals surface area contributed by atoms with Gasteiger partial charge in [0.25, 0.3) is 0 Å². The largest absolute Gasteiger partial charge is 0.462 e. The van der Waals surface area contributed by atoms with Crippen molar-refractivity contribution in [3.8, 4) is 0 Å². The van der Waals surface area contributed by atoms with Gasteiger partial charge in [0.2, 0.25) is 0 Å². The number of benzene rings is 1. The Kier molecular flexibility index (Phi) is 6.23. The summed E-state index contributed by atoms with van der Waals surface area (Å²) < 4.78 is 5.73. The summed E-state index contributed by atoms with van der Waals surface area (Å²) in [6.45, 7) is 2.69. The summed E-state index contributed by atoms with van der Waals surface area (Å²) in [5.41, 5.74) is 8.05. The Hall–Kier alpha value is -1.11. The molecule has 122 valence electrons. The molecule has 0 amide bonds. The maximum absolute atomic E-state index is 11.9. The van der Waals surface area contributed by atoms with Crippen molar-refractivity contribution in [1.82, 2.24) is 5.32 Å². The topological polar surface area (TPSA) is 84.6 Å². The fraction of sp³-hybridized carbons (Fsp3) is 0.562. The maximum atomic E-state index is 11.9. The average molecular weight is 371 g/mol. The van der Waals surface area contributed by atoms with Gasteiger partial charge in [-0.1, -0.05) is 0 Å². The number of hydrogen-bond acceptors (Lipinski definition) is 5. The Balaban J connectivity index is 2.07. The molecule has 1 fully saturated rings. The lowest BCUT2D eigenvalue weighted by molar-refractivity contribution is 0.0526. The number of esters is 1. The van der Waals surface area contributed by atoms with Gasteiger partial charge in [-0.05, 0) is 66.2 Å². The summed E-state index contributed by atoms with van der Waals surface area (Å²) in [5, 5.41) is 13.1. The number of halogens is 1. The van der Waals surface area contributed by atoms with Crippen molar-refractivity contribution >= 4 is 27.6 Å². The molecule has 0 radical (unpaired) electrons. The molecule has 1 saturated carbocycles. The van der Waals surface area contributed by atoms with E-state index in [1.54, 1.807) is 19.1 Å². The van der Waals surface area contributed by atoms with E-state index in [1.165, 1.54) is 0 Å². The van der Waals surface area contributed by atoms with E-state index in [9.17, 15) is 9.90 Å². The third kappa shape index (κ3) is 4.44. The number of nitrogen functional groups attached to an aromatic ring is 1. The maximum Gasteiger partial charge on any atom is 0.338 e. The summed E-state index contributed by atoms with van der Waals surface area (Å²) >= 11 is 3.39. The first-order valence-electron chi connectivity index (χ1n) is 7.67. The normalized spacial score (nSPS) is 21.6. The van der Waals surface area contributed by atoms with E-state index in [0.29, 0.717) is 28.9 Å². The molecule has 0 aliphatic heterocycles. The lowest BCUT2D eigenvalue weighted by atomic mass is 9.93. The summed E-state index contributed by atoms with van der Waals surface area (Å²) in [6, 6.07) is 3.74. The highest BCUT2D eigenvalue weighted by atomic mass is 79.9. The quantitative estimate of drug-likeness (QED) is 0.547. The van der Waals surface area contributed by atoms with Crippen LogP contribution in [-0.2, 0) is 11.3 Å². The molecule has 0 bridgehead atoms. The van der Waals surface area contributed by atoms with Gasteiger partial charge in [0.1, 0.15) is 0 Å². The predicted molar refractivity (Wildman–Crippen MR) is 89.6 cm³/mol. The number of carbonyl (C=O) groups excluding carboxylic acids is 1. The van der Waals surface area contributed by atoms with Crippen LogP contribution in [0.5, 0.6) is 0 Å². The van der Waals surface area contributed by atoms with Crippen LogP contribution in [0.4, 0.5) is 5.69 Å². The number of aliphatic hydroxyl groups excluding tert-OH is 1. The van der Waals surface area contributed by atoms with Crippen molar-refractivity contribution in [2.24, 2.45) is 0 Å². The monoisotopic (exact) mass is 370 g/mol. The molecule has 0 aromatic heterocycles. The number of nitrogens with one attached hydrogen (secondary N) is 1. The Morgan fingerprint density at radius 2 is 2.27 bits per heavy atom. The molecule has 0 heterocycles. The van der Waals surface area contributed by atoms with Crippen LogP contribution in [-0.4, -0.2) is 29.8 Å². The molecule has 1 aliphatic carbocycles. The van der Waals surface area contributed by atoms with E-state index in [0.717, 1.165) is 31.2 Å². The lowest BCUT2D eigenvalue weighted by Gasteiger charge is -2.27. The highest BCUT2D eigenvalue weighted by Crippen LogP contribution is 2.27. The number of carbonyl (C=O) groups is 1. The van der Waals surface area contributed by atoms with Crippen LogP contribution in [0, 0.1) is 0 Å². The number of nitrogens with two attached hydrogens (primary N) is 1. The number of aliphatic hydroxyl groups is 1. The molecule has 22 heavy (non-hydrogen) atoms. The minimum absolute atomic E-state index is 0.221. The van der Waals surface area contributed by atoms with Gasteiger partial charge < -0.3 is 20.9 Å². The molecule has 0 spiro atoms. The van der Waals surface area contributed by atoms with Crippen LogP contribution in [0.1, 0.15) is 48.5 Å². The first-order valence-corrected chi connectivity index (χ1v) is 8.47. The number of rotatable bonds is 5. The van der Waals surface area contributed by atoms with Gasteiger partial charge in [0, 0.05) is 17.1 Å². The minimum atomic E-state index is -0.350. The lowest BCUT2D eigenvalue weighted by Crippen LogP contribution is -2.35. The van der Waals surface area contributed by atoms with Crippen LogP contribution in [0.15, 0.2) is 16.6 Å². The first kappa shape index (κ1) is 17.2. The molecule has 0 saturated heterocycles. The average Bonchev–Trinajstić information content (AvgIpc) is 2.49. The van der Waals surface area contributed by atoms with Gasteiger partial charge in [-0.2, -0.15) is 0 Å². The highest BCUT2D eigenvalue weighted by molar-refractivity contribution is 9.10. The van der Waals surface area contributed by atoms with Gasteiger partial charge >= 0.3 is 5.97 Å². The third-order valence-corrected chi connectivity index (χ3v) is 4.61. The molecule has 6 heteroatoms. The van der Waals surface area contributed by atoms with Gasteiger partial charge in [0.05, 0.1) is 24.0 Å². The smallest absolute Gasteiger partial charge is 0.338 e. The van der Waals surface area contributed by atoms with E-state index >= 15 is 0 Å². The second-order valence-electron chi connectivity index (χ2n) is 5.65. The fourth-order valence-electron chi connectivity index (χ4n) is 2.76. The SMILES string of the molecule is CCOC(=O)c1cc(Br)c(N)c(CN[C@@H]2CCC[C@H](O)C2)c1. The van der Waals surface area contributed by atoms with Crippen molar-refractivity contribution in [1.29, 1.82) is 0 Å². The molecule has 1 aromatic carbocycles. The van der Waals surface area contributed by atoms with Crippen molar-refractivity contribution < 1.29 is 14.6 Å². The van der Waals surface area contributed by atoms with Crippen LogP contribution < -0.4 is 11.1 Å². The van der Waals surface area contributed by atoms with Gasteiger partial charge in [0.15, 0.2) is 0 Å². The number of ether oxygens (including phenoxy) is 1.